The van der Waals surface area contributed by atoms with Gasteiger partial charge in [0, 0.05) is 29.6 Å². The zero-order chi connectivity index (χ0) is 12.3. The van der Waals surface area contributed by atoms with Gasteiger partial charge in [-0.25, -0.2) is 0 Å². The second-order valence-electron chi connectivity index (χ2n) is 3.55. The highest BCUT2D eigenvalue weighted by Crippen LogP contribution is 2.20. The van der Waals surface area contributed by atoms with Crippen LogP contribution >= 0.6 is 15.9 Å². The maximum absolute atomic E-state index is 12.2. The maximum atomic E-state index is 12.2. The van der Waals surface area contributed by atoms with Crippen LogP contribution in [0.1, 0.15) is 10.4 Å². The van der Waals surface area contributed by atoms with Gasteiger partial charge >= 0.3 is 0 Å². The number of halogens is 1. The van der Waals surface area contributed by atoms with Gasteiger partial charge in [-0.15, -0.1) is 0 Å². The molecule has 0 aliphatic carbocycles. The SMILES string of the molecule is CN(C(=O)c1ccccc1Br)c1ccncc1. The maximum Gasteiger partial charge on any atom is 0.259 e. The molecule has 0 N–H and O–H groups in total. The summed E-state index contributed by atoms with van der Waals surface area (Å²) in [5.74, 6) is -0.0522. The molecule has 0 radical (unpaired) electrons. The van der Waals surface area contributed by atoms with E-state index in [0.29, 0.717) is 5.56 Å². The summed E-state index contributed by atoms with van der Waals surface area (Å²) in [6.45, 7) is 0. The Labute approximate surface area is 108 Å². The molecule has 0 atom stereocenters. The minimum atomic E-state index is -0.0522. The van der Waals surface area contributed by atoms with Crippen LogP contribution in [0.25, 0.3) is 0 Å². The zero-order valence-electron chi connectivity index (χ0n) is 9.30. The number of carbonyl (C=O) groups is 1. The molecule has 2 aromatic rings. The van der Waals surface area contributed by atoms with E-state index < -0.39 is 0 Å². The predicted octanol–water partition coefficient (Wildman–Crippen LogP) is 3.12. The first-order valence-electron chi connectivity index (χ1n) is 5.13. The van der Waals surface area contributed by atoms with Crippen LogP contribution in [-0.2, 0) is 0 Å². The summed E-state index contributed by atoms with van der Waals surface area (Å²) in [6.07, 6.45) is 3.33. The minimum Gasteiger partial charge on any atom is -0.311 e. The normalized spacial score (nSPS) is 10.0. The first kappa shape index (κ1) is 11.8. The van der Waals surface area contributed by atoms with Crippen LogP contribution in [0.5, 0.6) is 0 Å². The molecule has 1 heterocycles. The molecule has 86 valence electrons. The molecule has 1 aromatic heterocycles. The molecule has 0 saturated carbocycles. The number of anilines is 1. The molecule has 4 heteroatoms. The Bertz CT molecular complexity index is 528. The number of aromatic nitrogens is 1. The monoisotopic (exact) mass is 290 g/mol. The molecule has 17 heavy (non-hydrogen) atoms. The Morgan fingerprint density at radius 2 is 1.82 bits per heavy atom. The second kappa shape index (κ2) is 5.10. The number of hydrogen-bond acceptors (Lipinski definition) is 2. The second-order valence-corrected chi connectivity index (χ2v) is 4.40. The molecule has 0 aliphatic rings. The molecule has 0 fully saturated rings. The van der Waals surface area contributed by atoms with Crippen LogP contribution in [0, 0.1) is 0 Å². The van der Waals surface area contributed by atoms with Crippen LogP contribution in [0.2, 0.25) is 0 Å². The van der Waals surface area contributed by atoms with Crippen molar-refractivity contribution in [2.24, 2.45) is 0 Å². The van der Waals surface area contributed by atoms with Crippen molar-refractivity contribution in [1.29, 1.82) is 0 Å². The van der Waals surface area contributed by atoms with Crippen molar-refractivity contribution in [2.45, 2.75) is 0 Å². The standard InChI is InChI=1S/C13H11BrN2O/c1-16(10-6-8-15-9-7-10)13(17)11-4-2-3-5-12(11)14/h2-9H,1H3. The van der Waals surface area contributed by atoms with Crippen LogP contribution < -0.4 is 4.90 Å². The lowest BCUT2D eigenvalue weighted by atomic mass is 10.2. The highest BCUT2D eigenvalue weighted by Gasteiger charge is 2.15. The van der Waals surface area contributed by atoms with Crippen molar-refractivity contribution in [3.05, 3.63) is 58.8 Å². The number of amides is 1. The van der Waals surface area contributed by atoms with Crippen LogP contribution in [0.3, 0.4) is 0 Å². The van der Waals surface area contributed by atoms with E-state index in [4.69, 9.17) is 0 Å². The third-order valence-electron chi connectivity index (χ3n) is 2.46. The summed E-state index contributed by atoms with van der Waals surface area (Å²) in [6, 6.07) is 11.0. The average Bonchev–Trinajstić information content (AvgIpc) is 2.39. The largest absolute Gasteiger partial charge is 0.311 e. The van der Waals surface area contributed by atoms with E-state index in [0.717, 1.165) is 10.2 Å². The van der Waals surface area contributed by atoms with Crippen molar-refractivity contribution in [2.75, 3.05) is 11.9 Å². The van der Waals surface area contributed by atoms with Gasteiger partial charge in [0.15, 0.2) is 0 Å². The van der Waals surface area contributed by atoms with E-state index in [1.807, 2.05) is 18.2 Å². The third-order valence-corrected chi connectivity index (χ3v) is 3.15. The number of nitrogens with zero attached hydrogens (tertiary/aromatic N) is 2. The number of carbonyl (C=O) groups excluding carboxylic acids is 1. The van der Waals surface area contributed by atoms with Gasteiger partial charge in [-0.2, -0.15) is 0 Å². The topological polar surface area (TPSA) is 33.2 Å². The van der Waals surface area contributed by atoms with Gasteiger partial charge in [-0.1, -0.05) is 12.1 Å². The molecule has 2 rings (SSSR count). The smallest absolute Gasteiger partial charge is 0.259 e. The molecule has 3 nitrogen and oxygen atoms in total. The molecule has 0 bridgehead atoms. The summed E-state index contributed by atoms with van der Waals surface area (Å²) in [4.78, 5) is 17.8. The molecular weight excluding hydrogens is 280 g/mol. The lowest BCUT2D eigenvalue weighted by Crippen LogP contribution is -2.26. The summed E-state index contributed by atoms with van der Waals surface area (Å²) < 4.78 is 0.797. The highest BCUT2D eigenvalue weighted by atomic mass is 79.9. The van der Waals surface area contributed by atoms with Gasteiger partial charge < -0.3 is 4.90 Å². The number of pyridine rings is 1. The van der Waals surface area contributed by atoms with E-state index in [-0.39, 0.29) is 5.91 Å². The van der Waals surface area contributed by atoms with Crippen molar-refractivity contribution >= 4 is 27.5 Å². The van der Waals surface area contributed by atoms with Gasteiger partial charge in [0.1, 0.15) is 0 Å². The summed E-state index contributed by atoms with van der Waals surface area (Å²) in [5, 5.41) is 0. The fourth-order valence-electron chi connectivity index (χ4n) is 1.50. The lowest BCUT2D eigenvalue weighted by Gasteiger charge is -2.17. The van der Waals surface area contributed by atoms with Crippen molar-refractivity contribution in [1.82, 2.24) is 4.98 Å². The number of hydrogen-bond donors (Lipinski definition) is 0. The van der Waals surface area contributed by atoms with Crippen molar-refractivity contribution < 1.29 is 4.79 Å². The van der Waals surface area contributed by atoms with Gasteiger partial charge in [0.25, 0.3) is 5.91 Å². The average molecular weight is 291 g/mol. The van der Waals surface area contributed by atoms with E-state index in [9.17, 15) is 4.79 Å². The Kier molecular flexibility index (Phi) is 3.54. The predicted molar refractivity (Wildman–Crippen MR) is 71.1 cm³/mol. The fraction of sp³-hybridized carbons (Fsp3) is 0.0769. The Morgan fingerprint density at radius 3 is 2.47 bits per heavy atom. The van der Waals surface area contributed by atoms with E-state index >= 15 is 0 Å². The van der Waals surface area contributed by atoms with Gasteiger partial charge in [0.05, 0.1) is 5.56 Å². The van der Waals surface area contributed by atoms with E-state index in [1.54, 1.807) is 42.5 Å². The lowest BCUT2D eigenvalue weighted by molar-refractivity contribution is 0.0992. The molecule has 1 aromatic carbocycles. The van der Waals surface area contributed by atoms with Crippen molar-refractivity contribution in [3.63, 3.8) is 0 Å². The minimum absolute atomic E-state index is 0.0522. The number of benzene rings is 1. The molecular formula is C13H11BrN2O. The summed E-state index contributed by atoms with van der Waals surface area (Å²) >= 11 is 3.38. The summed E-state index contributed by atoms with van der Waals surface area (Å²) in [5.41, 5.74) is 1.47. The van der Waals surface area contributed by atoms with Crippen LogP contribution in [-0.4, -0.2) is 17.9 Å². The fourth-order valence-corrected chi connectivity index (χ4v) is 1.95. The summed E-state index contributed by atoms with van der Waals surface area (Å²) in [7, 11) is 1.75. The van der Waals surface area contributed by atoms with Crippen LogP contribution in [0.15, 0.2) is 53.3 Å². The molecule has 0 saturated heterocycles. The van der Waals surface area contributed by atoms with E-state index in [1.165, 1.54) is 0 Å². The van der Waals surface area contributed by atoms with Crippen molar-refractivity contribution in [3.8, 4) is 0 Å². The Hall–Kier alpha value is -1.68. The molecule has 0 spiro atoms. The molecule has 0 unspecified atom stereocenters. The number of rotatable bonds is 2. The Morgan fingerprint density at radius 1 is 1.18 bits per heavy atom. The Balaban J connectivity index is 2.30. The van der Waals surface area contributed by atoms with E-state index in [2.05, 4.69) is 20.9 Å². The first-order valence-corrected chi connectivity index (χ1v) is 5.92. The molecule has 0 aliphatic heterocycles. The van der Waals surface area contributed by atoms with Gasteiger partial charge in [-0.3, -0.25) is 9.78 Å². The first-order chi connectivity index (χ1) is 8.20. The quantitative estimate of drug-likeness (QED) is 0.851. The van der Waals surface area contributed by atoms with Crippen LogP contribution in [0.4, 0.5) is 5.69 Å². The molecule has 1 amide bonds. The van der Waals surface area contributed by atoms with Gasteiger partial charge in [-0.05, 0) is 40.2 Å². The van der Waals surface area contributed by atoms with Gasteiger partial charge in [0.2, 0.25) is 0 Å². The third kappa shape index (κ3) is 2.53. The highest BCUT2D eigenvalue weighted by molar-refractivity contribution is 9.10. The zero-order valence-corrected chi connectivity index (χ0v) is 10.9.